The summed E-state index contributed by atoms with van der Waals surface area (Å²) in [5, 5.41) is 2.71. The summed E-state index contributed by atoms with van der Waals surface area (Å²) in [7, 11) is 0. The van der Waals surface area contributed by atoms with Gasteiger partial charge >= 0.3 is 5.97 Å². The molecule has 2 aromatic rings. The lowest BCUT2D eigenvalue weighted by Gasteiger charge is -2.12. The summed E-state index contributed by atoms with van der Waals surface area (Å²) in [5.74, 6) is -0.223. The molecule has 0 saturated carbocycles. The van der Waals surface area contributed by atoms with E-state index >= 15 is 0 Å². The lowest BCUT2D eigenvalue weighted by molar-refractivity contribution is -0.125. The van der Waals surface area contributed by atoms with E-state index in [1.807, 2.05) is 19.9 Å². The van der Waals surface area contributed by atoms with Gasteiger partial charge in [0.2, 0.25) is 0 Å². The average molecular weight is 301 g/mol. The first kappa shape index (κ1) is 15.8. The van der Waals surface area contributed by atoms with Crippen molar-refractivity contribution in [3.05, 3.63) is 59.0 Å². The van der Waals surface area contributed by atoms with Crippen LogP contribution in [-0.4, -0.2) is 18.5 Å². The van der Waals surface area contributed by atoms with E-state index < -0.39 is 5.97 Å². The zero-order valence-corrected chi connectivity index (χ0v) is 12.9. The van der Waals surface area contributed by atoms with Crippen molar-refractivity contribution in [3.8, 4) is 0 Å². The smallest absolute Gasteiger partial charge is 0.338 e. The molecule has 0 fully saturated rings. The van der Waals surface area contributed by atoms with Crippen LogP contribution in [0.1, 0.15) is 40.2 Å². The second-order valence-corrected chi connectivity index (χ2v) is 5.13. The fourth-order valence-electron chi connectivity index (χ4n) is 2.07. The van der Waals surface area contributed by atoms with Crippen LogP contribution >= 0.6 is 0 Å². The first-order valence-electron chi connectivity index (χ1n) is 7.05. The number of aryl methyl sites for hydroxylation is 1. The minimum Gasteiger partial charge on any atom is -0.467 e. The summed E-state index contributed by atoms with van der Waals surface area (Å²) in [4.78, 5) is 23.8. The van der Waals surface area contributed by atoms with E-state index in [0.717, 1.165) is 11.1 Å². The minimum absolute atomic E-state index is 0.276. The summed E-state index contributed by atoms with van der Waals surface area (Å²) in [6.45, 7) is 5.25. The maximum atomic E-state index is 12.0. The maximum Gasteiger partial charge on any atom is 0.338 e. The molecule has 2 rings (SSSR count). The van der Waals surface area contributed by atoms with Crippen molar-refractivity contribution < 1.29 is 18.7 Å². The lowest BCUT2D eigenvalue weighted by atomic mass is 10.0. The molecule has 0 aliphatic heterocycles. The van der Waals surface area contributed by atoms with Crippen LogP contribution in [0, 0.1) is 13.8 Å². The van der Waals surface area contributed by atoms with Crippen molar-refractivity contribution in [3.63, 3.8) is 0 Å². The molecule has 1 aromatic carbocycles. The number of rotatable bonds is 5. The predicted octanol–water partition coefficient (Wildman–Crippen LogP) is 2.93. The number of benzene rings is 1. The van der Waals surface area contributed by atoms with Crippen LogP contribution in [0.5, 0.6) is 0 Å². The Kier molecular flexibility index (Phi) is 4.99. The Morgan fingerprint density at radius 1 is 1.23 bits per heavy atom. The van der Waals surface area contributed by atoms with Crippen LogP contribution in [0.2, 0.25) is 0 Å². The van der Waals surface area contributed by atoms with Gasteiger partial charge in [-0.15, -0.1) is 0 Å². The number of carbonyl (C=O) groups is 2. The Morgan fingerprint density at radius 3 is 2.68 bits per heavy atom. The van der Waals surface area contributed by atoms with Crippen LogP contribution in [0.4, 0.5) is 0 Å². The summed E-state index contributed by atoms with van der Waals surface area (Å²) >= 11 is 0. The zero-order valence-electron chi connectivity index (χ0n) is 12.9. The van der Waals surface area contributed by atoms with Gasteiger partial charge in [0.05, 0.1) is 17.9 Å². The molecule has 5 heteroatoms. The van der Waals surface area contributed by atoms with E-state index in [1.54, 1.807) is 37.5 Å². The van der Waals surface area contributed by atoms with Crippen LogP contribution in [0.15, 0.2) is 41.0 Å². The van der Waals surface area contributed by atoms with E-state index in [4.69, 9.17) is 9.15 Å². The Hall–Kier alpha value is -2.56. The minimum atomic E-state index is -0.498. The highest BCUT2D eigenvalue weighted by molar-refractivity contribution is 5.93. The van der Waals surface area contributed by atoms with Gasteiger partial charge in [-0.25, -0.2) is 4.79 Å². The van der Waals surface area contributed by atoms with E-state index in [9.17, 15) is 9.59 Å². The third-order valence-electron chi connectivity index (χ3n) is 3.51. The van der Waals surface area contributed by atoms with Crippen LogP contribution in [0.25, 0.3) is 0 Å². The van der Waals surface area contributed by atoms with Crippen LogP contribution < -0.4 is 5.32 Å². The van der Waals surface area contributed by atoms with E-state index in [2.05, 4.69) is 5.32 Å². The van der Waals surface area contributed by atoms with Crippen molar-refractivity contribution in [1.82, 2.24) is 5.32 Å². The number of ether oxygens (including phenoxy) is 1. The molecule has 5 nitrogen and oxygen atoms in total. The van der Waals surface area contributed by atoms with E-state index in [1.165, 1.54) is 0 Å². The molecule has 22 heavy (non-hydrogen) atoms. The number of furan rings is 1. The molecule has 0 aliphatic rings. The average Bonchev–Trinajstić information content (AvgIpc) is 3.02. The first-order valence-corrected chi connectivity index (χ1v) is 7.05. The van der Waals surface area contributed by atoms with Gasteiger partial charge in [-0.1, -0.05) is 12.1 Å². The number of hydrogen-bond acceptors (Lipinski definition) is 4. The van der Waals surface area contributed by atoms with E-state index in [-0.39, 0.29) is 18.6 Å². The van der Waals surface area contributed by atoms with Gasteiger partial charge < -0.3 is 14.5 Å². The Morgan fingerprint density at radius 2 is 2.00 bits per heavy atom. The summed E-state index contributed by atoms with van der Waals surface area (Å²) in [6, 6.07) is 8.64. The molecule has 0 saturated heterocycles. The highest BCUT2D eigenvalue weighted by Crippen LogP contribution is 2.14. The molecular weight excluding hydrogens is 282 g/mol. The molecule has 1 heterocycles. The Bertz CT molecular complexity index is 661. The van der Waals surface area contributed by atoms with Gasteiger partial charge in [0, 0.05) is 0 Å². The topological polar surface area (TPSA) is 68.5 Å². The molecule has 1 atom stereocenters. The highest BCUT2D eigenvalue weighted by Gasteiger charge is 2.16. The van der Waals surface area contributed by atoms with Crippen molar-refractivity contribution in [2.45, 2.75) is 26.8 Å². The Balaban J connectivity index is 1.88. The third kappa shape index (κ3) is 3.75. The van der Waals surface area contributed by atoms with Crippen molar-refractivity contribution in [2.24, 2.45) is 0 Å². The molecule has 0 unspecified atom stereocenters. The number of esters is 1. The number of nitrogens with one attached hydrogen (secondary N) is 1. The van der Waals surface area contributed by atoms with Gasteiger partial charge in [0.1, 0.15) is 5.76 Å². The quantitative estimate of drug-likeness (QED) is 0.862. The standard InChI is InChI=1S/C17H19NO4/c1-11-6-4-7-14(12(11)2)17(20)22-10-16(19)18-13(3)15-8-5-9-21-15/h4-9,13H,10H2,1-3H3,(H,18,19)/t13-/m1/s1. The molecule has 0 spiro atoms. The largest absolute Gasteiger partial charge is 0.467 e. The number of carbonyl (C=O) groups excluding carboxylic acids is 2. The van der Waals surface area contributed by atoms with Crippen LogP contribution in [0.3, 0.4) is 0 Å². The third-order valence-corrected chi connectivity index (χ3v) is 3.51. The molecule has 0 aliphatic carbocycles. The lowest BCUT2D eigenvalue weighted by Crippen LogP contribution is -2.31. The summed E-state index contributed by atoms with van der Waals surface area (Å²) < 4.78 is 10.3. The Labute approximate surface area is 129 Å². The highest BCUT2D eigenvalue weighted by atomic mass is 16.5. The van der Waals surface area contributed by atoms with Crippen molar-refractivity contribution in [2.75, 3.05) is 6.61 Å². The summed E-state index contributed by atoms with van der Waals surface area (Å²) in [5.41, 5.74) is 2.34. The van der Waals surface area contributed by atoms with Gasteiger partial charge in [-0.2, -0.15) is 0 Å². The monoisotopic (exact) mass is 301 g/mol. The zero-order chi connectivity index (χ0) is 16.1. The van der Waals surface area contributed by atoms with Crippen LogP contribution in [-0.2, 0) is 9.53 Å². The molecule has 1 N–H and O–H groups in total. The van der Waals surface area contributed by atoms with Gasteiger partial charge in [-0.05, 0) is 50.1 Å². The molecule has 0 radical (unpaired) electrons. The van der Waals surface area contributed by atoms with Gasteiger partial charge in [0.15, 0.2) is 6.61 Å². The van der Waals surface area contributed by atoms with Gasteiger partial charge in [-0.3, -0.25) is 4.79 Å². The first-order chi connectivity index (χ1) is 10.5. The van der Waals surface area contributed by atoms with Crippen molar-refractivity contribution >= 4 is 11.9 Å². The molecule has 1 amide bonds. The fraction of sp³-hybridized carbons (Fsp3) is 0.294. The van der Waals surface area contributed by atoms with E-state index in [0.29, 0.717) is 11.3 Å². The van der Waals surface area contributed by atoms with Gasteiger partial charge in [0.25, 0.3) is 5.91 Å². The van der Waals surface area contributed by atoms with Crippen molar-refractivity contribution in [1.29, 1.82) is 0 Å². The molecule has 0 bridgehead atoms. The summed E-state index contributed by atoms with van der Waals surface area (Å²) in [6.07, 6.45) is 1.54. The maximum absolute atomic E-state index is 12.0. The number of hydrogen-bond donors (Lipinski definition) is 1. The molecule has 116 valence electrons. The normalized spacial score (nSPS) is 11.8. The predicted molar refractivity (Wildman–Crippen MR) is 81.5 cm³/mol. The second-order valence-electron chi connectivity index (χ2n) is 5.13. The fourth-order valence-corrected chi connectivity index (χ4v) is 2.07. The second kappa shape index (κ2) is 6.93. The molecule has 1 aromatic heterocycles. The SMILES string of the molecule is Cc1cccc(C(=O)OCC(=O)N[C@H](C)c2ccco2)c1C. The molecular formula is C17H19NO4. The number of amides is 1.